The van der Waals surface area contributed by atoms with Gasteiger partial charge in [0.25, 0.3) is 5.91 Å². The Kier molecular flexibility index (Phi) is 6.06. The Morgan fingerprint density at radius 3 is 2.33 bits per heavy atom. The fourth-order valence-corrected chi connectivity index (χ4v) is 2.12. The molecular weight excluding hydrogens is 387 g/mol. The third-order valence-corrected chi connectivity index (χ3v) is 3.58. The predicted molar refractivity (Wildman–Crippen MR) is 93.9 cm³/mol. The van der Waals surface area contributed by atoms with Crippen LogP contribution in [0.25, 0.3) is 0 Å². The molecule has 2 amide bonds. The summed E-state index contributed by atoms with van der Waals surface area (Å²) in [6.45, 7) is 1.56. The Labute approximate surface area is 156 Å². The number of hydrogen-bond donors (Lipinski definition) is 3. The molecule has 0 bridgehead atoms. The van der Waals surface area contributed by atoms with Crippen LogP contribution in [0.3, 0.4) is 0 Å². The molecule has 6 nitrogen and oxygen atoms in total. The van der Waals surface area contributed by atoms with E-state index in [0.29, 0.717) is 11.3 Å². The van der Waals surface area contributed by atoms with Crippen LogP contribution in [0, 0.1) is 0 Å². The molecule has 0 atom stereocenters. The molecule has 3 N–H and O–H groups in total. The molecular formula is C17H13ClF3N3O3. The fourth-order valence-electron chi connectivity index (χ4n) is 1.95. The number of benzene rings is 2. The molecule has 0 aliphatic carbocycles. The number of hydrogen-bond acceptors (Lipinski definition) is 4. The van der Waals surface area contributed by atoms with E-state index in [4.69, 9.17) is 11.6 Å². The van der Waals surface area contributed by atoms with Crippen LogP contribution in [0.4, 0.5) is 18.9 Å². The average molecular weight is 400 g/mol. The number of halogens is 4. The molecule has 0 saturated heterocycles. The highest BCUT2D eigenvalue weighted by Crippen LogP contribution is 2.21. The number of nitrogens with zero attached hydrogens (tertiary/aromatic N) is 1. The van der Waals surface area contributed by atoms with Gasteiger partial charge in [-0.2, -0.15) is 18.3 Å². The lowest BCUT2D eigenvalue weighted by Crippen LogP contribution is -2.29. The highest BCUT2D eigenvalue weighted by Gasteiger charge is 2.38. The monoisotopic (exact) mass is 399 g/mol. The van der Waals surface area contributed by atoms with Gasteiger partial charge < -0.3 is 10.4 Å². The van der Waals surface area contributed by atoms with Crippen molar-refractivity contribution in [2.75, 3.05) is 5.32 Å². The van der Waals surface area contributed by atoms with Gasteiger partial charge in [0.05, 0.1) is 11.3 Å². The Morgan fingerprint density at radius 1 is 1.11 bits per heavy atom. The van der Waals surface area contributed by atoms with E-state index in [2.05, 4.69) is 10.5 Å². The number of phenols is 1. The van der Waals surface area contributed by atoms with E-state index in [0.717, 1.165) is 0 Å². The molecule has 0 unspecified atom stereocenters. The first-order chi connectivity index (χ1) is 12.6. The summed E-state index contributed by atoms with van der Waals surface area (Å²) in [4.78, 5) is 22.9. The Morgan fingerprint density at radius 2 is 1.74 bits per heavy atom. The van der Waals surface area contributed by atoms with Gasteiger partial charge in [0, 0.05) is 10.7 Å². The lowest BCUT2D eigenvalue weighted by Gasteiger charge is -2.09. The van der Waals surface area contributed by atoms with E-state index in [1.54, 1.807) is 12.2 Å². The molecule has 10 heteroatoms. The van der Waals surface area contributed by atoms with Crippen molar-refractivity contribution in [3.63, 3.8) is 0 Å². The standard InChI is InChI=1S/C17H13ClF3N3O3/c1-9(23-24-15(26)13-8-11(18)4-7-14(13)25)10-2-5-12(6-3-10)22-16(27)17(19,20)21/h2-8,25H,1H3,(H,22,27)(H,24,26). The third-order valence-electron chi connectivity index (χ3n) is 3.35. The smallest absolute Gasteiger partial charge is 0.471 e. The van der Waals surface area contributed by atoms with E-state index < -0.39 is 18.0 Å². The molecule has 0 fully saturated rings. The first kappa shape index (κ1) is 20.2. The zero-order valence-corrected chi connectivity index (χ0v) is 14.5. The third kappa shape index (κ3) is 5.45. The maximum atomic E-state index is 12.2. The van der Waals surface area contributed by atoms with Crippen LogP contribution in [-0.4, -0.2) is 28.8 Å². The van der Waals surface area contributed by atoms with Crippen molar-refractivity contribution in [2.24, 2.45) is 5.10 Å². The van der Waals surface area contributed by atoms with E-state index >= 15 is 0 Å². The predicted octanol–water partition coefficient (Wildman–Crippen LogP) is 3.70. The van der Waals surface area contributed by atoms with Crippen molar-refractivity contribution in [1.29, 1.82) is 0 Å². The van der Waals surface area contributed by atoms with E-state index in [-0.39, 0.29) is 22.0 Å². The Hall–Kier alpha value is -3.07. The maximum Gasteiger partial charge on any atom is 0.471 e. The van der Waals surface area contributed by atoms with Crippen molar-refractivity contribution in [3.05, 3.63) is 58.6 Å². The van der Waals surface area contributed by atoms with Crippen LogP contribution in [0.1, 0.15) is 22.8 Å². The number of rotatable bonds is 4. The number of carbonyl (C=O) groups is 2. The summed E-state index contributed by atoms with van der Waals surface area (Å²) in [6, 6.07) is 9.34. The molecule has 27 heavy (non-hydrogen) atoms. The van der Waals surface area contributed by atoms with Crippen LogP contribution in [0.5, 0.6) is 5.75 Å². The van der Waals surface area contributed by atoms with Gasteiger partial charge in [-0.3, -0.25) is 9.59 Å². The molecule has 2 aromatic rings. The first-order valence-electron chi connectivity index (χ1n) is 7.39. The zero-order valence-electron chi connectivity index (χ0n) is 13.8. The summed E-state index contributed by atoms with van der Waals surface area (Å²) in [5.41, 5.74) is 2.98. The quantitative estimate of drug-likeness (QED) is 0.541. The molecule has 0 aromatic heterocycles. The lowest BCUT2D eigenvalue weighted by atomic mass is 10.1. The highest BCUT2D eigenvalue weighted by molar-refractivity contribution is 6.31. The van der Waals surface area contributed by atoms with Crippen LogP contribution in [0.15, 0.2) is 47.6 Å². The summed E-state index contributed by atoms with van der Waals surface area (Å²) >= 11 is 5.77. The van der Waals surface area contributed by atoms with Crippen LogP contribution >= 0.6 is 11.6 Å². The van der Waals surface area contributed by atoms with Crippen LogP contribution in [-0.2, 0) is 4.79 Å². The van der Waals surface area contributed by atoms with Crippen LogP contribution in [0.2, 0.25) is 5.02 Å². The lowest BCUT2D eigenvalue weighted by molar-refractivity contribution is -0.167. The minimum Gasteiger partial charge on any atom is -0.507 e. The molecule has 2 aromatic carbocycles. The number of alkyl halides is 3. The molecule has 0 aliphatic rings. The topological polar surface area (TPSA) is 90.8 Å². The van der Waals surface area contributed by atoms with Gasteiger partial charge in [0.1, 0.15) is 5.75 Å². The number of aromatic hydroxyl groups is 1. The molecule has 0 heterocycles. The molecule has 0 saturated carbocycles. The fraction of sp³-hybridized carbons (Fsp3) is 0.118. The Balaban J connectivity index is 2.06. The number of carbonyl (C=O) groups excluding carboxylic acids is 2. The Bertz CT molecular complexity index is 897. The maximum absolute atomic E-state index is 12.2. The van der Waals surface area contributed by atoms with Crippen molar-refractivity contribution < 1.29 is 27.9 Å². The summed E-state index contributed by atoms with van der Waals surface area (Å²) < 4.78 is 36.6. The van der Waals surface area contributed by atoms with Crippen LogP contribution < -0.4 is 10.7 Å². The van der Waals surface area contributed by atoms with Gasteiger partial charge in [-0.05, 0) is 42.8 Å². The van der Waals surface area contributed by atoms with E-state index in [9.17, 15) is 27.9 Å². The molecule has 0 radical (unpaired) electrons. The van der Waals surface area contributed by atoms with Gasteiger partial charge in [-0.25, -0.2) is 5.43 Å². The van der Waals surface area contributed by atoms with Gasteiger partial charge in [-0.1, -0.05) is 23.7 Å². The first-order valence-corrected chi connectivity index (χ1v) is 7.77. The van der Waals surface area contributed by atoms with Crippen molar-refractivity contribution >= 4 is 34.8 Å². The SMILES string of the molecule is CC(=NNC(=O)c1cc(Cl)ccc1O)c1ccc(NC(=O)C(F)(F)F)cc1. The second kappa shape index (κ2) is 8.09. The van der Waals surface area contributed by atoms with E-state index in [1.165, 1.54) is 42.5 Å². The van der Waals surface area contributed by atoms with Gasteiger partial charge in [-0.15, -0.1) is 0 Å². The van der Waals surface area contributed by atoms with Crippen molar-refractivity contribution in [3.8, 4) is 5.75 Å². The van der Waals surface area contributed by atoms with Gasteiger partial charge in [0.15, 0.2) is 0 Å². The van der Waals surface area contributed by atoms with Crippen molar-refractivity contribution in [1.82, 2.24) is 5.43 Å². The molecule has 142 valence electrons. The second-order valence-corrected chi connectivity index (χ2v) is 5.77. The van der Waals surface area contributed by atoms with Crippen molar-refractivity contribution in [2.45, 2.75) is 13.1 Å². The highest BCUT2D eigenvalue weighted by atomic mass is 35.5. The minimum atomic E-state index is -4.98. The zero-order chi connectivity index (χ0) is 20.2. The summed E-state index contributed by atoms with van der Waals surface area (Å²) in [7, 11) is 0. The summed E-state index contributed by atoms with van der Waals surface area (Å²) in [6.07, 6.45) is -4.98. The minimum absolute atomic E-state index is 0.0400. The van der Waals surface area contributed by atoms with Gasteiger partial charge in [0.2, 0.25) is 0 Å². The number of amides is 2. The number of hydrazone groups is 1. The molecule has 0 spiro atoms. The number of anilines is 1. The average Bonchev–Trinajstić information content (AvgIpc) is 2.61. The molecule has 0 aliphatic heterocycles. The second-order valence-electron chi connectivity index (χ2n) is 5.33. The van der Waals surface area contributed by atoms with Gasteiger partial charge >= 0.3 is 12.1 Å². The summed E-state index contributed by atoms with van der Waals surface area (Å²) in [5, 5.41) is 15.5. The normalized spacial score (nSPS) is 11.8. The number of nitrogens with one attached hydrogen (secondary N) is 2. The number of phenolic OH excluding ortho intramolecular Hbond substituents is 1. The largest absolute Gasteiger partial charge is 0.507 e. The van der Waals surface area contributed by atoms with E-state index in [1.807, 2.05) is 0 Å². The molecule has 2 rings (SSSR count). The summed E-state index contributed by atoms with van der Waals surface area (Å²) in [5.74, 6) is -3.04.